The molecule has 4 atom stereocenters. The number of esters is 2. The standard InChI is InChI=1S/C10H10F2O4S/c11-10(12,17)8(14)16-9-3-4-1-5(6(9)2-4)7(13)15-9/h4-6,17H,1-3H2. The third-order valence-corrected chi connectivity index (χ3v) is 4.07. The molecule has 1 heterocycles. The van der Waals surface area contributed by atoms with Gasteiger partial charge in [0.05, 0.1) is 11.8 Å². The Labute approximate surface area is 101 Å². The fourth-order valence-electron chi connectivity index (χ4n) is 3.33. The van der Waals surface area contributed by atoms with Crippen LogP contribution in [0, 0.1) is 17.8 Å². The van der Waals surface area contributed by atoms with Gasteiger partial charge in [-0.2, -0.15) is 8.78 Å². The number of carbonyl (C=O) groups is 2. The Bertz CT molecular complexity index is 408. The lowest BCUT2D eigenvalue weighted by Crippen LogP contribution is -2.42. The van der Waals surface area contributed by atoms with Crippen molar-refractivity contribution in [2.45, 2.75) is 30.3 Å². The van der Waals surface area contributed by atoms with Crippen LogP contribution >= 0.6 is 12.6 Å². The third-order valence-electron chi connectivity index (χ3n) is 3.89. The van der Waals surface area contributed by atoms with E-state index in [9.17, 15) is 18.4 Å². The molecule has 94 valence electrons. The summed E-state index contributed by atoms with van der Waals surface area (Å²) in [4.78, 5) is 22.7. The molecule has 2 saturated carbocycles. The molecule has 17 heavy (non-hydrogen) atoms. The number of hydrogen-bond donors (Lipinski definition) is 1. The first-order valence-corrected chi connectivity index (χ1v) is 5.83. The molecule has 0 amide bonds. The number of thiol groups is 1. The number of hydrogen-bond acceptors (Lipinski definition) is 5. The maximum Gasteiger partial charge on any atom is 0.391 e. The first kappa shape index (κ1) is 11.3. The van der Waals surface area contributed by atoms with Crippen LogP contribution in [0.3, 0.4) is 0 Å². The molecule has 4 nitrogen and oxygen atoms in total. The summed E-state index contributed by atoms with van der Waals surface area (Å²) < 4.78 is 35.1. The van der Waals surface area contributed by atoms with Gasteiger partial charge in [-0.1, -0.05) is 12.6 Å². The van der Waals surface area contributed by atoms with Crippen LogP contribution in [0.25, 0.3) is 0 Å². The summed E-state index contributed by atoms with van der Waals surface area (Å²) in [5.41, 5.74) is 0. The average Bonchev–Trinajstić information content (AvgIpc) is 2.74. The lowest BCUT2D eigenvalue weighted by atomic mass is 9.87. The van der Waals surface area contributed by atoms with Gasteiger partial charge < -0.3 is 9.47 Å². The van der Waals surface area contributed by atoms with Crippen LogP contribution in [0.4, 0.5) is 8.78 Å². The number of carbonyl (C=O) groups excluding carboxylic acids is 2. The zero-order valence-corrected chi connectivity index (χ0v) is 9.58. The smallest absolute Gasteiger partial charge is 0.391 e. The fraction of sp³-hybridized carbons (Fsp3) is 0.800. The SMILES string of the molecule is O=C1OC2(OC(=O)C(F)(F)S)CC3CC1C2C3. The van der Waals surface area contributed by atoms with Gasteiger partial charge in [-0.3, -0.25) is 4.79 Å². The predicted molar refractivity (Wildman–Crippen MR) is 53.2 cm³/mol. The molecule has 4 unspecified atom stereocenters. The highest BCUT2D eigenvalue weighted by atomic mass is 32.1. The van der Waals surface area contributed by atoms with E-state index in [4.69, 9.17) is 9.47 Å². The quantitative estimate of drug-likeness (QED) is 0.604. The predicted octanol–water partition coefficient (Wildman–Crippen LogP) is 1.35. The van der Waals surface area contributed by atoms with E-state index in [1.54, 1.807) is 0 Å². The Morgan fingerprint density at radius 1 is 1.53 bits per heavy atom. The molecule has 1 aliphatic heterocycles. The van der Waals surface area contributed by atoms with Crippen molar-refractivity contribution in [3.05, 3.63) is 0 Å². The molecule has 3 aliphatic rings. The number of fused-ring (bicyclic) bond motifs is 1. The van der Waals surface area contributed by atoms with E-state index in [2.05, 4.69) is 12.6 Å². The molecular weight excluding hydrogens is 254 g/mol. The van der Waals surface area contributed by atoms with Crippen molar-refractivity contribution in [3.8, 4) is 0 Å². The van der Waals surface area contributed by atoms with Gasteiger partial charge in [0.2, 0.25) is 0 Å². The van der Waals surface area contributed by atoms with Gasteiger partial charge in [0.15, 0.2) is 0 Å². The second-order valence-corrected chi connectivity index (χ2v) is 5.48. The van der Waals surface area contributed by atoms with Crippen LogP contribution in [0.2, 0.25) is 0 Å². The summed E-state index contributed by atoms with van der Waals surface area (Å²) >= 11 is 2.86. The Kier molecular flexibility index (Phi) is 2.07. The average molecular weight is 264 g/mol. The number of rotatable bonds is 2. The van der Waals surface area contributed by atoms with E-state index >= 15 is 0 Å². The minimum absolute atomic E-state index is 0.220. The van der Waals surface area contributed by atoms with E-state index < -0.39 is 23.0 Å². The van der Waals surface area contributed by atoms with Crippen molar-refractivity contribution in [2.75, 3.05) is 0 Å². The molecule has 3 fully saturated rings. The molecular formula is C10H10F2O4S. The highest BCUT2D eigenvalue weighted by molar-refractivity contribution is 7.82. The van der Waals surface area contributed by atoms with E-state index in [1.165, 1.54) is 0 Å². The van der Waals surface area contributed by atoms with Gasteiger partial charge in [-0.05, 0) is 18.8 Å². The molecule has 0 aromatic rings. The van der Waals surface area contributed by atoms with Crippen molar-refractivity contribution in [3.63, 3.8) is 0 Å². The van der Waals surface area contributed by atoms with Crippen LogP contribution < -0.4 is 0 Å². The monoisotopic (exact) mass is 264 g/mol. The molecule has 3 rings (SSSR count). The molecule has 0 spiro atoms. The van der Waals surface area contributed by atoms with Gasteiger partial charge >= 0.3 is 17.2 Å². The number of halogens is 2. The first-order valence-electron chi connectivity index (χ1n) is 5.38. The molecule has 0 radical (unpaired) electrons. The van der Waals surface area contributed by atoms with Crippen molar-refractivity contribution >= 4 is 24.6 Å². The zero-order valence-electron chi connectivity index (χ0n) is 8.69. The van der Waals surface area contributed by atoms with Gasteiger partial charge in [-0.25, -0.2) is 4.79 Å². The van der Waals surface area contributed by atoms with Crippen LogP contribution in [-0.4, -0.2) is 23.0 Å². The Hall–Kier alpha value is -0.850. The third kappa shape index (κ3) is 1.47. The Morgan fingerprint density at radius 2 is 2.24 bits per heavy atom. The van der Waals surface area contributed by atoms with Crippen LogP contribution in [0.5, 0.6) is 0 Å². The maximum absolute atomic E-state index is 12.7. The largest absolute Gasteiger partial charge is 0.422 e. The fourth-order valence-corrected chi connectivity index (χ4v) is 3.38. The summed E-state index contributed by atoms with van der Waals surface area (Å²) in [6.07, 6.45) is 1.73. The molecule has 0 aromatic carbocycles. The summed E-state index contributed by atoms with van der Waals surface area (Å²) in [6.45, 7) is 0. The summed E-state index contributed by atoms with van der Waals surface area (Å²) in [6, 6.07) is 0. The van der Waals surface area contributed by atoms with Crippen molar-refractivity contribution in [1.29, 1.82) is 0 Å². The van der Waals surface area contributed by atoms with Crippen molar-refractivity contribution in [2.24, 2.45) is 17.8 Å². The number of alkyl halides is 2. The summed E-state index contributed by atoms with van der Waals surface area (Å²) in [7, 11) is 0. The molecule has 2 aliphatic carbocycles. The maximum atomic E-state index is 12.7. The van der Waals surface area contributed by atoms with Gasteiger partial charge in [-0.15, -0.1) is 0 Å². The lowest BCUT2D eigenvalue weighted by Gasteiger charge is -2.30. The first-order chi connectivity index (χ1) is 7.82. The molecule has 2 bridgehead atoms. The van der Waals surface area contributed by atoms with Crippen LogP contribution in [-0.2, 0) is 19.1 Å². The topological polar surface area (TPSA) is 52.6 Å². The molecule has 7 heteroatoms. The van der Waals surface area contributed by atoms with E-state index in [-0.39, 0.29) is 17.8 Å². The second-order valence-electron chi connectivity index (χ2n) is 4.92. The minimum atomic E-state index is -3.86. The summed E-state index contributed by atoms with van der Waals surface area (Å²) in [5.74, 6) is -3.98. The van der Waals surface area contributed by atoms with E-state index in [1.807, 2.05) is 0 Å². The lowest BCUT2D eigenvalue weighted by molar-refractivity contribution is -0.232. The van der Waals surface area contributed by atoms with Crippen LogP contribution in [0.1, 0.15) is 19.3 Å². The van der Waals surface area contributed by atoms with Gasteiger partial charge in [0.1, 0.15) is 0 Å². The highest BCUT2D eigenvalue weighted by Gasteiger charge is 2.69. The van der Waals surface area contributed by atoms with Crippen LogP contribution in [0.15, 0.2) is 0 Å². The summed E-state index contributed by atoms with van der Waals surface area (Å²) in [5, 5.41) is -3.86. The zero-order chi connectivity index (χ0) is 12.4. The van der Waals surface area contributed by atoms with E-state index in [0.717, 1.165) is 0 Å². The minimum Gasteiger partial charge on any atom is -0.422 e. The Morgan fingerprint density at radius 3 is 2.82 bits per heavy atom. The molecule has 1 saturated heterocycles. The molecule has 0 aromatic heterocycles. The van der Waals surface area contributed by atoms with E-state index in [0.29, 0.717) is 19.3 Å². The van der Waals surface area contributed by atoms with Gasteiger partial charge in [0.25, 0.3) is 5.79 Å². The number of ether oxygens (including phenoxy) is 2. The van der Waals surface area contributed by atoms with Crippen molar-refractivity contribution in [1.82, 2.24) is 0 Å². The second kappa shape index (κ2) is 3.13. The highest BCUT2D eigenvalue weighted by Crippen LogP contribution is 2.61. The normalized spacial score (nSPS) is 42.8. The van der Waals surface area contributed by atoms with Gasteiger partial charge in [0, 0.05) is 6.42 Å². The van der Waals surface area contributed by atoms with Crippen molar-refractivity contribution < 1.29 is 27.8 Å². The Balaban J connectivity index is 1.84. The molecule has 0 N–H and O–H groups in total.